The van der Waals surface area contributed by atoms with Crippen molar-refractivity contribution in [2.45, 2.75) is 20.1 Å². The van der Waals surface area contributed by atoms with Gasteiger partial charge in [0.2, 0.25) is 0 Å². The zero-order valence-electron chi connectivity index (χ0n) is 11.5. The Balaban J connectivity index is 2.14. The van der Waals surface area contributed by atoms with Gasteiger partial charge < -0.3 is 10.1 Å². The average Bonchev–Trinajstić information content (AvgIpc) is 2.40. The number of hydrogen-bond donors (Lipinski definition) is 1. The Bertz CT molecular complexity index is 601. The third kappa shape index (κ3) is 3.81. The van der Waals surface area contributed by atoms with Crippen LogP contribution >= 0.6 is 15.9 Å². The fourth-order valence-electron chi connectivity index (χ4n) is 1.97. The first-order valence-corrected chi connectivity index (χ1v) is 7.20. The number of benzene rings is 2. The average molecular weight is 338 g/mol. The summed E-state index contributed by atoms with van der Waals surface area (Å²) in [7, 11) is 1.89. The number of ether oxygens (including phenoxy) is 1. The summed E-state index contributed by atoms with van der Waals surface area (Å²) in [5.74, 6) is 0.522. The van der Waals surface area contributed by atoms with Gasteiger partial charge >= 0.3 is 0 Å². The van der Waals surface area contributed by atoms with E-state index < -0.39 is 0 Å². The maximum absolute atomic E-state index is 13.7. The highest BCUT2D eigenvalue weighted by Crippen LogP contribution is 2.22. The van der Waals surface area contributed by atoms with Gasteiger partial charge in [0.15, 0.2) is 0 Å². The van der Waals surface area contributed by atoms with E-state index in [1.807, 2.05) is 32.2 Å². The first kappa shape index (κ1) is 15.0. The largest absolute Gasteiger partial charge is 0.488 e. The number of aryl methyl sites for hydroxylation is 1. The van der Waals surface area contributed by atoms with Crippen molar-refractivity contribution in [2.24, 2.45) is 0 Å². The summed E-state index contributed by atoms with van der Waals surface area (Å²) in [5.41, 5.74) is 2.80. The molecule has 0 aliphatic rings. The monoisotopic (exact) mass is 337 g/mol. The van der Waals surface area contributed by atoms with Crippen LogP contribution in [0.15, 0.2) is 40.9 Å². The summed E-state index contributed by atoms with van der Waals surface area (Å²) in [6.45, 7) is 2.98. The normalized spacial score (nSPS) is 10.6. The zero-order valence-corrected chi connectivity index (χ0v) is 13.1. The van der Waals surface area contributed by atoms with Gasteiger partial charge in [-0.25, -0.2) is 4.39 Å². The third-order valence-electron chi connectivity index (χ3n) is 2.98. The predicted octanol–water partition coefficient (Wildman–Crippen LogP) is 4.20. The molecule has 0 unspecified atom stereocenters. The number of rotatable bonds is 5. The van der Waals surface area contributed by atoms with E-state index in [2.05, 4.69) is 27.3 Å². The molecule has 0 bridgehead atoms. The molecule has 20 heavy (non-hydrogen) atoms. The molecular formula is C16H17BrFNO. The van der Waals surface area contributed by atoms with E-state index in [-0.39, 0.29) is 12.4 Å². The SMILES string of the molecule is CNCc1cc(C)ccc1OCc1ccc(Br)cc1F. The third-order valence-corrected chi connectivity index (χ3v) is 3.47. The Morgan fingerprint density at radius 2 is 1.95 bits per heavy atom. The van der Waals surface area contributed by atoms with Crippen LogP contribution in [0.3, 0.4) is 0 Å². The molecule has 0 saturated heterocycles. The minimum absolute atomic E-state index is 0.221. The van der Waals surface area contributed by atoms with E-state index >= 15 is 0 Å². The fraction of sp³-hybridized carbons (Fsp3) is 0.250. The van der Waals surface area contributed by atoms with Gasteiger partial charge in [-0.05, 0) is 32.2 Å². The Hall–Kier alpha value is -1.39. The van der Waals surface area contributed by atoms with Crippen molar-refractivity contribution in [3.8, 4) is 5.75 Å². The molecule has 2 aromatic carbocycles. The molecule has 0 aromatic heterocycles. The maximum Gasteiger partial charge on any atom is 0.130 e. The van der Waals surface area contributed by atoms with Crippen molar-refractivity contribution >= 4 is 15.9 Å². The van der Waals surface area contributed by atoms with Crippen molar-refractivity contribution in [3.05, 3.63) is 63.4 Å². The van der Waals surface area contributed by atoms with Crippen molar-refractivity contribution in [1.29, 1.82) is 0 Å². The molecule has 0 amide bonds. The molecule has 0 fully saturated rings. The summed E-state index contributed by atoms with van der Waals surface area (Å²) >= 11 is 3.24. The van der Waals surface area contributed by atoms with E-state index in [4.69, 9.17) is 4.74 Å². The maximum atomic E-state index is 13.7. The number of halogens is 2. The van der Waals surface area contributed by atoms with Crippen molar-refractivity contribution in [2.75, 3.05) is 7.05 Å². The molecule has 2 nitrogen and oxygen atoms in total. The standard InChI is InChI=1S/C16H17BrFNO/c1-11-3-6-16(13(7-11)9-19-2)20-10-12-4-5-14(17)8-15(12)18/h3-8,19H,9-10H2,1-2H3. The first-order chi connectivity index (χ1) is 9.60. The second kappa shape index (κ2) is 6.86. The Labute approximate surface area is 127 Å². The van der Waals surface area contributed by atoms with E-state index in [9.17, 15) is 4.39 Å². The van der Waals surface area contributed by atoms with Gasteiger partial charge in [-0.3, -0.25) is 0 Å². The van der Waals surface area contributed by atoms with Crippen LogP contribution in [0, 0.1) is 12.7 Å². The van der Waals surface area contributed by atoms with Crippen LogP contribution < -0.4 is 10.1 Å². The smallest absolute Gasteiger partial charge is 0.130 e. The van der Waals surface area contributed by atoms with Crippen LogP contribution in [0.5, 0.6) is 5.75 Å². The topological polar surface area (TPSA) is 21.3 Å². The second-order valence-corrected chi connectivity index (χ2v) is 5.58. The Morgan fingerprint density at radius 1 is 1.15 bits per heavy atom. The highest BCUT2D eigenvalue weighted by Gasteiger charge is 2.07. The van der Waals surface area contributed by atoms with Crippen molar-refractivity contribution in [3.63, 3.8) is 0 Å². The van der Waals surface area contributed by atoms with Crippen LogP contribution in [-0.2, 0) is 13.2 Å². The molecule has 0 saturated carbocycles. The van der Waals surface area contributed by atoms with E-state index in [1.54, 1.807) is 6.07 Å². The van der Waals surface area contributed by atoms with Gasteiger partial charge in [-0.2, -0.15) is 0 Å². The van der Waals surface area contributed by atoms with Gasteiger partial charge in [0.05, 0.1) is 0 Å². The van der Waals surface area contributed by atoms with Gasteiger partial charge in [-0.1, -0.05) is 39.7 Å². The molecule has 0 aliphatic heterocycles. The van der Waals surface area contributed by atoms with Crippen LogP contribution in [-0.4, -0.2) is 7.05 Å². The predicted molar refractivity (Wildman–Crippen MR) is 82.4 cm³/mol. The lowest BCUT2D eigenvalue weighted by atomic mass is 10.1. The number of nitrogens with one attached hydrogen (secondary N) is 1. The minimum Gasteiger partial charge on any atom is -0.488 e. The Morgan fingerprint density at radius 3 is 2.65 bits per heavy atom. The quantitative estimate of drug-likeness (QED) is 0.882. The van der Waals surface area contributed by atoms with Crippen LogP contribution in [0.1, 0.15) is 16.7 Å². The van der Waals surface area contributed by atoms with Gasteiger partial charge in [-0.15, -0.1) is 0 Å². The Kier molecular flexibility index (Phi) is 5.15. The molecule has 4 heteroatoms. The zero-order chi connectivity index (χ0) is 14.5. The summed E-state index contributed by atoms with van der Waals surface area (Å²) < 4.78 is 20.2. The van der Waals surface area contributed by atoms with E-state index in [0.29, 0.717) is 5.56 Å². The highest BCUT2D eigenvalue weighted by molar-refractivity contribution is 9.10. The van der Waals surface area contributed by atoms with Crippen molar-refractivity contribution in [1.82, 2.24) is 5.32 Å². The minimum atomic E-state index is -0.262. The van der Waals surface area contributed by atoms with E-state index in [1.165, 1.54) is 11.6 Å². The second-order valence-electron chi connectivity index (χ2n) is 4.67. The van der Waals surface area contributed by atoms with Crippen LogP contribution in [0.2, 0.25) is 0 Å². The lowest BCUT2D eigenvalue weighted by Crippen LogP contribution is -2.08. The van der Waals surface area contributed by atoms with Gasteiger partial charge in [0.25, 0.3) is 0 Å². The van der Waals surface area contributed by atoms with E-state index in [0.717, 1.165) is 22.3 Å². The van der Waals surface area contributed by atoms with Crippen molar-refractivity contribution < 1.29 is 9.13 Å². The highest BCUT2D eigenvalue weighted by atomic mass is 79.9. The lowest BCUT2D eigenvalue weighted by Gasteiger charge is -2.13. The lowest BCUT2D eigenvalue weighted by molar-refractivity contribution is 0.296. The summed E-state index contributed by atoms with van der Waals surface area (Å²) in [6, 6.07) is 11.0. The molecule has 1 N–H and O–H groups in total. The summed E-state index contributed by atoms with van der Waals surface area (Å²) in [6.07, 6.45) is 0. The summed E-state index contributed by atoms with van der Waals surface area (Å²) in [4.78, 5) is 0. The molecule has 0 atom stereocenters. The summed E-state index contributed by atoms with van der Waals surface area (Å²) in [5, 5.41) is 3.11. The van der Waals surface area contributed by atoms with Crippen LogP contribution in [0.25, 0.3) is 0 Å². The molecule has 0 radical (unpaired) electrons. The van der Waals surface area contributed by atoms with Gasteiger partial charge in [0, 0.05) is 22.1 Å². The molecule has 2 aromatic rings. The molecule has 0 spiro atoms. The molecule has 0 aliphatic carbocycles. The molecular weight excluding hydrogens is 321 g/mol. The molecule has 106 valence electrons. The molecule has 2 rings (SSSR count). The molecule has 0 heterocycles. The van der Waals surface area contributed by atoms with Crippen LogP contribution in [0.4, 0.5) is 4.39 Å². The van der Waals surface area contributed by atoms with Gasteiger partial charge in [0.1, 0.15) is 18.2 Å². The fourth-order valence-corrected chi connectivity index (χ4v) is 2.31. The first-order valence-electron chi connectivity index (χ1n) is 6.41. The number of hydrogen-bond acceptors (Lipinski definition) is 2.